The molecule has 118 valence electrons. The molecule has 0 radical (unpaired) electrons. The van der Waals surface area contributed by atoms with Crippen molar-refractivity contribution < 1.29 is 0 Å². The summed E-state index contributed by atoms with van der Waals surface area (Å²) in [6.45, 7) is 2.20. The first kappa shape index (κ1) is 15.3. The van der Waals surface area contributed by atoms with Gasteiger partial charge in [0.2, 0.25) is 0 Å². The van der Waals surface area contributed by atoms with Crippen LogP contribution in [0, 0.1) is 5.92 Å². The van der Waals surface area contributed by atoms with E-state index in [-0.39, 0.29) is 0 Å². The van der Waals surface area contributed by atoms with Gasteiger partial charge in [-0.3, -0.25) is 4.99 Å². The van der Waals surface area contributed by atoms with Crippen LogP contribution >= 0.6 is 15.9 Å². The monoisotopic (exact) mass is 376 g/mol. The molecule has 2 heterocycles. The van der Waals surface area contributed by atoms with Crippen molar-refractivity contribution >= 4 is 32.5 Å². The van der Waals surface area contributed by atoms with Gasteiger partial charge in [0.05, 0.1) is 16.9 Å². The lowest BCUT2D eigenvalue weighted by Gasteiger charge is -2.15. The highest BCUT2D eigenvalue weighted by Crippen LogP contribution is 2.26. The summed E-state index contributed by atoms with van der Waals surface area (Å²) in [4.78, 5) is 9.43. The number of fused-ring (bicyclic) bond motifs is 1. The predicted molar refractivity (Wildman–Crippen MR) is 104 cm³/mol. The Kier molecular flexibility index (Phi) is 4.03. The van der Waals surface area contributed by atoms with Crippen LogP contribution in [0.25, 0.3) is 22.0 Å². The van der Waals surface area contributed by atoms with Crippen molar-refractivity contribution in [3.05, 3.63) is 77.0 Å². The lowest BCUT2D eigenvalue weighted by Crippen LogP contribution is -2.15. The third kappa shape index (κ3) is 2.92. The number of pyridine rings is 1. The zero-order chi connectivity index (χ0) is 16.5. The summed E-state index contributed by atoms with van der Waals surface area (Å²) in [6, 6.07) is 19.0. The lowest BCUT2D eigenvalue weighted by atomic mass is 9.96. The van der Waals surface area contributed by atoms with E-state index in [4.69, 9.17) is 4.98 Å². The van der Waals surface area contributed by atoms with E-state index < -0.39 is 0 Å². The van der Waals surface area contributed by atoms with Gasteiger partial charge < -0.3 is 0 Å². The molecule has 3 heteroatoms. The number of aromatic nitrogens is 1. The fraction of sp³-hybridized carbons (Fsp3) is 0.143. The van der Waals surface area contributed by atoms with E-state index in [1.807, 2.05) is 6.20 Å². The standard InChI is InChI=1S/C21H17BrN2/c1-14-3-2-12-23-21(14)19-11-8-16-4-5-17(13-20(16)24-19)15-6-9-18(22)10-7-15/h2,4-14H,3H2,1H3. The molecule has 0 spiro atoms. The maximum Gasteiger partial charge on any atom is 0.0855 e. The molecule has 0 bridgehead atoms. The molecule has 1 unspecified atom stereocenters. The van der Waals surface area contributed by atoms with Gasteiger partial charge in [0.1, 0.15) is 0 Å². The van der Waals surface area contributed by atoms with Crippen molar-refractivity contribution in [3.8, 4) is 11.1 Å². The van der Waals surface area contributed by atoms with Crippen molar-refractivity contribution in [2.45, 2.75) is 13.3 Å². The van der Waals surface area contributed by atoms with Gasteiger partial charge in [0.15, 0.2) is 0 Å². The number of aliphatic imine (C=N–C) groups is 1. The summed E-state index contributed by atoms with van der Waals surface area (Å²) in [5.41, 5.74) is 5.44. The quantitative estimate of drug-likeness (QED) is 0.537. The van der Waals surface area contributed by atoms with Gasteiger partial charge >= 0.3 is 0 Å². The summed E-state index contributed by atoms with van der Waals surface area (Å²) in [7, 11) is 0. The summed E-state index contributed by atoms with van der Waals surface area (Å²) < 4.78 is 1.09. The molecule has 2 aromatic carbocycles. The van der Waals surface area contributed by atoms with Crippen molar-refractivity contribution in [1.29, 1.82) is 0 Å². The highest BCUT2D eigenvalue weighted by Gasteiger charge is 2.15. The fourth-order valence-corrected chi connectivity index (χ4v) is 3.30. The fourth-order valence-electron chi connectivity index (χ4n) is 3.04. The van der Waals surface area contributed by atoms with Crippen LogP contribution in [0.5, 0.6) is 0 Å². The smallest absolute Gasteiger partial charge is 0.0855 e. The number of hydrogen-bond acceptors (Lipinski definition) is 2. The molecule has 0 fully saturated rings. The SMILES string of the molecule is CC1CC=CN=C1c1ccc2ccc(-c3ccc(Br)cc3)cc2n1. The highest BCUT2D eigenvalue weighted by atomic mass is 79.9. The van der Waals surface area contributed by atoms with E-state index in [1.54, 1.807) is 0 Å². The van der Waals surface area contributed by atoms with E-state index in [1.165, 1.54) is 11.1 Å². The van der Waals surface area contributed by atoms with E-state index in [0.717, 1.165) is 33.2 Å². The van der Waals surface area contributed by atoms with Crippen LogP contribution in [0.1, 0.15) is 19.0 Å². The summed E-state index contributed by atoms with van der Waals surface area (Å²) in [5, 5.41) is 1.15. The minimum absolute atomic E-state index is 0.412. The Labute approximate surface area is 150 Å². The highest BCUT2D eigenvalue weighted by molar-refractivity contribution is 9.10. The molecule has 0 aliphatic carbocycles. The van der Waals surface area contributed by atoms with Crippen molar-refractivity contribution in [3.63, 3.8) is 0 Å². The van der Waals surface area contributed by atoms with Crippen LogP contribution in [-0.2, 0) is 0 Å². The molecule has 0 saturated carbocycles. The molecule has 1 aromatic heterocycles. The van der Waals surface area contributed by atoms with Gasteiger partial charge in [-0.05, 0) is 41.8 Å². The molecule has 1 aliphatic rings. The number of halogens is 1. The first-order valence-corrected chi connectivity index (χ1v) is 8.90. The molecule has 3 aromatic rings. The van der Waals surface area contributed by atoms with Crippen LogP contribution in [0.15, 0.2) is 76.3 Å². The van der Waals surface area contributed by atoms with Crippen LogP contribution in [-0.4, -0.2) is 10.7 Å². The van der Waals surface area contributed by atoms with E-state index in [9.17, 15) is 0 Å². The van der Waals surface area contributed by atoms with E-state index >= 15 is 0 Å². The first-order chi connectivity index (χ1) is 11.7. The van der Waals surface area contributed by atoms with Crippen LogP contribution in [0.4, 0.5) is 0 Å². The van der Waals surface area contributed by atoms with Gasteiger partial charge in [-0.15, -0.1) is 0 Å². The number of benzene rings is 2. The summed E-state index contributed by atoms with van der Waals surface area (Å²) in [5.74, 6) is 0.412. The predicted octanol–water partition coefficient (Wildman–Crippen LogP) is 6.01. The van der Waals surface area contributed by atoms with Gasteiger partial charge in [-0.2, -0.15) is 0 Å². The van der Waals surface area contributed by atoms with E-state index in [2.05, 4.69) is 88.5 Å². The minimum atomic E-state index is 0.412. The zero-order valence-corrected chi connectivity index (χ0v) is 15.0. The normalized spacial score (nSPS) is 17.1. The minimum Gasteiger partial charge on any atom is -0.259 e. The molecule has 1 aliphatic heterocycles. The maximum atomic E-state index is 4.88. The van der Waals surface area contributed by atoms with Crippen LogP contribution in [0.3, 0.4) is 0 Å². The summed E-state index contributed by atoms with van der Waals surface area (Å²) in [6.07, 6.45) is 5.03. The Balaban J connectivity index is 1.79. The zero-order valence-electron chi connectivity index (χ0n) is 13.4. The topological polar surface area (TPSA) is 25.2 Å². The molecule has 2 nitrogen and oxygen atoms in total. The van der Waals surface area contributed by atoms with Crippen LogP contribution in [0.2, 0.25) is 0 Å². The van der Waals surface area contributed by atoms with Gasteiger partial charge in [0.25, 0.3) is 0 Å². The third-order valence-electron chi connectivity index (χ3n) is 4.41. The Morgan fingerprint density at radius 3 is 2.50 bits per heavy atom. The number of hydrogen-bond donors (Lipinski definition) is 0. The largest absolute Gasteiger partial charge is 0.259 e. The first-order valence-electron chi connectivity index (χ1n) is 8.10. The second kappa shape index (κ2) is 6.33. The molecule has 0 N–H and O–H groups in total. The van der Waals surface area contributed by atoms with Crippen molar-refractivity contribution in [2.24, 2.45) is 10.9 Å². The third-order valence-corrected chi connectivity index (χ3v) is 4.94. The summed E-state index contributed by atoms with van der Waals surface area (Å²) >= 11 is 3.49. The second-order valence-electron chi connectivity index (χ2n) is 6.15. The average Bonchev–Trinajstić information content (AvgIpc) is 2.62. The number of nitrogens with zero attached hydrogens (tertiary/aromatic N) is 2. The molecule has 0 amide bonds. The van der Waals surface area contributed by atoms with Crippen molar-refractivity contribution in [1.82, 2.24) is 4.98 Å². The Bertz CT molecular complexity index is 955. The number of rotatable bonds is 2. The molecular weight excluding hydrogens is 360 g/mol. The Morgan fingerprint density at radius 1 is 0.958 bits per heavy atom. The maximum absolute atomic E-state index is 4.88. The molecule has 24 heavy (non-hydrogen) atoms. The van der Waals surface area contributed by atoms with E-state index in [0.29, 0.717) is 5.92 Å². The molecule has 1 atom stereocenters. The average molecular weight is 377 g/mol. The molecule has 0 saturated heterocycles. The Morgan fingerprint density at radius 2 is 1.71 bits per heavy atom. The van der Waals surface area contributed by atoms with Crippen LogP contribution < -0.4 is 0 Å². The lowest BCUT2D eigenvalue weighted by molar-refractivity contribution is 0.775. The number of allylic oxidation sites excluding steroid dienone is 1. The molecule has 4 rings (SSSR count). The van der Waals surface area contributed by atoms with Gasteiger partial charge in [0, 0.05) is 22.0 Å². The Hall–Kier alpha value is -2.26. The van der Waals surface area contributed by atoms with Gasteiger partial charge in [-0.25, -0.2) is 4.98 Å². The van der Waals surface area contributed by atoms with Crippen molar-refractivity contribution in [2.75, 3.05) is 0 Å². The molecular formula is C21H17BrN2. The van der Waals surface area contributed by atoms with Gasteiger partial charge in [-0.1, -0.05) is 59.3 Å². The second-order valence-corrected chi connectivity index (χ2v) is 7.06.